The first-order chi connectivity index (χ1) is 15.3. The van der Waals surface area contributed by atoms with E-state index in [4.69, 9.17) is 9.47 Å². The van der Waals surface area contributed by atoms with Crippen molar-refractivity contribution >= 4 is 12.2 Å². The average Bonchev–Trinajstić information content (AvgIpc) is 3.08. The van der Waals surface area contributed by atoms with Gasteiger partial charge in [-0.2, -0.15) is 0 Å². The number of benzene rings is 2. The largest absolute Gasteiger partial charge is 0.453 e. The zero-order chi connectivity index (χ0) is 22.9. The molecular formula is C26H32N2O4. The summed E-state index contributed by atoms with van der Waals surface area (Å²) in [4.78, 5) is 27.1. The molecule has 6 heteroatoms. The number of alkyl carbamates (subject to hydrolysis) is 1. The summed E-state index contributed by atoms with van der Waals surface area (Å²) in [5, 5.41) is 2.98. The maximum atomic E-state index is 13.0. The van der Waals surface area contributed by atoms with Gasteiger partial charge in [0.15, 0.2) is 0 Å². The van der Waals surface area contributed by atoms with E-state index in [0.717, 1.165) is 36.8 Å². The molecule has 0 aliphatic heterocycles. The van der Waals surface area contributed by atoms with E-state index in [1.165, 1.54) is 18.2 Å². The van der Waals surface area contributed by atoms with Crippen LogP contribution < -0.4 is 5.32 Å². The molecule has 0 radical (unpaired) electrons. The van der Waals surface area contributed by atoms with Crippen molar-refractivity contribution in [2.75, 3.05) is 7.11 Å². The van der Waals surface area contributed by atoms with Gasteiger partial charge in [0.05, 0.1) is 13.2 Å². The second-order valence-electron chi connectivity index (χ2n) is 9.61. The van der Waals surface area contributed by atoms with Crippen molar-refractivity contribution in [1.82, 2.24) is 10.2 Å². The highest BCUT2D eigenvalue weighted by Crippen LogP contribution is 2.48. The van der Waals surface area contributed by atoms with Crippen molar-refractivity contribution < 1.29 is 19.1 Å². The van der Waals surface area contributed by atoms with Crippen molar-refractivity contribution in [2.45, 2.75) is 70.2 Å². The van der Waals surface area contributed by atoms with Gasteiger partial charge in [-0.05, 0) is 68.7 Å². The number of fused-ring (bicyclic) bond motifs is 3. The molecule has 1 fully saturated rings. The molecule has 32 heavy (non-hydrogen) atoms. The molecule has 2 aliphatic rings. The molecule has 2 aliphatic carbocycles. The molecule has 0 bridgehead atoms. The van der Waals surface area contributed by atoms with Gasteiger partial charge in [0, 0.05) is 12.1 Å². The zero-order valence-electron chi connectivity index (χ0n) is 19.3. The highest BCUT2D eigenvalue weighted by Gasteiger charge is 2.40. The third-order valence-electron chi connectivity index (χ3n) is 6.28. The fraction of sp³-hybridized carbons (Fsp3) is 0.462. The lowest BCUT2D eigenvalue weighted by Gasteiger charge is -2.40. The number of amides is 2. The molecule has 0 aromatic heterocycles. The van der Waals surface area contributed by atoms with Crippen molar-refractivity contribution in [2.24, 2.45) is 0 Å². The summed E-state index contributed by atoms with van der Waals surface area (Å²) in [5.41, 5.74) is 4.08. The van der Waals surface area contributed by atoms with Gasteiger partial charge >= 0.3 is 12.2 Å². The summed E-state index contributed by atoms with van der Waals surface area (Å²) < 4.78 is 10.6. The van der Waals surface area contributed by atoms with Gasteiger partial charge in [0.2, 0.25) is 0 Å². The predicted molar refractivity (Wildman–Crippen MR) is 123 cm³/mol. The molecular weight excluding hydrogens is 404 g/mol. The van der Waals surface area contributed by atoms with E-state index in [1.807, 2.05) is 49.9 Å². The molecule has 6 nitrogen and oxygen atoms in total. The summed E-state index contributed by atoms with van der Waals surface area (Å²) in [6, 6.07) is 16.5. The van der Waals surface area contributed by atoms with E-state index < -0.39 is 5.60 Å². The number of carbonyl (C=O) groups is 2. The van der Waals surface area contributed by atoms with Gasteiger partial charge in [-0.15, -0.1) is 0 Å². The molecule has 170 valence electrons. The van der Waals surface area contributed by atoms with Crippen LogP contribution in [0.2, 0.25) is 0 Å². The van der Waals surface area contributed by atoms with Crippen LogP contribution in [0.3, 0.4) is 0 Å². The van der Waals surface area contributed by atoms with Gasteiger partial charge in [0.1, 0.15) is 5.60 Å². The molecule has 1 N–H and O–H groups in total. The minimum absolute atomic E-state index is 0.0309. The van der Waals surface area contributed by atoms with Crippen LogP contribution in [0, 0.1) is 0 Å². The number of ether oxygens (including phenoxy) is 2. The van der Waals surface area contributed by atoms with Crippen LogP contribution in [0.25, 0.3) is 11.1 Å². The fourth-order valence-electron chi connectivity index (χ4n) is 4.97. The van der Waals surface area contributed by atoms with Gasteiger partial charge < -0.3 is 14.8 Å². The monoisotopic (exact) mass is 436 g/mol. The minimum Gasteiger partial charge on any atom is -0.453 e. The molecule has 0 atom stereocenters. The summed E-state index contributed by atoms with van der Waals surface area (Å²) in [6.45, 7) is 5.57. The van der Waals surface area contributed by atoms with Crippen LogP contribution >= 0.6 is 0 Å². The van der Waals surface area contributed by atoms with Crippen molar-refractivity contribution in [3.05, 3.63) is 59.7 Å². The molecule has 0 heterocycles. The second-order valence-corrected chi connectivity index (χ2v) is 9.61. The summed E-state index contributed by atoms with van der Waals surface area (Å²) in [7, 11) is 1.44. The van der Waals surface area contributed by atoms with E-state index in [1.54, 1.807) is 0 Å². The quantitative estimate of drug-likeness (QED) is 0.674. The Hall–Kier alpha value is -3.02. The lowest BCUT2D eigenvalue weighted by Crippen LogP contribution is -2.48. The maximum Gasteiger partial charge on any atom is 0.410 e. The normalized spacial score (nSPS) is 20.1. The smallest absolute Gasteiger partial charge is 0.410 e. The number of rotatable bonds is 3. The topological polar surface area (TPSA) is 67.9 Å². The number of carbonyl (C=O) groups excluding carboxylic acids is 2. The molecule has 2 amide bonds. The molecule has 0 spiro atoms. The van der Waals surface area contributed by atoms with Gasteiger partial charge in [-0.25, -0.2) is 9.59 Å². The Bertz CT molecular complexity index is 944. The molecule has 1 saturated carbocycles. The van der Waals surface area contributed by atoms with E-state index >= 15 is 0 Å². The Kier molecular flexibility index (Phi) is 6.13. The number of nitrogens with one attached hydrogen (secondary N) is 1. The summed E-state index contributed by atoms with van der Waals surface area (Å²) in [5.74, 6) is 0. The number of methoxy groups -OCH3 is 1. The first kappa shape index (κ1) is 22.2. The first-order valence-electron chi connectivity index (χ1n) is 11.3. The Morgan fingerprint density at radius 3 is 1.94 bits per heavy atom. The lowest BCUT2D eigenvalue weighted by atomic mass is 9.88. The van der Waals surface area contributed by atoms with Crippen molar-refractivity contribution in [1.29, 1.82) is 0 Å². The van der Waals surface area contributed by atoms with Crippen LogP contribution in [0.15, 0.2) is 48.5 Å². The van der Waals surface area contributed by atoms with E-state index in [0.29, 0.717) is 0 Å². The number of hydrogen-bond donors (Lipinski definition) is 1. The van der Waals surface area contributed by atoms with Crippen LogP contribution in [0.4, 0.5) is 9.59 Å². The number of hydrogen-bond acceptors (Lipinski definition) is 4. The first-order valence-corrected chi connectivity index (χ1v) is 11.3. The highest BCUT2D eigenvalue weighted by atomic mass is 16.6. The maximum absolute atomic E-state index is 13.0. The second kappa shape index (κ2) is 8.85. The zero-order valence-corrected chi connectivity index (χ0v) is 19.3. The third-order valence-corrected chi connectivity index (χ3v) is 6.28. The molecule has 4 rings (SSSR count). The molecule has 0 unspecified atom stereocenters. The standard InChI is InChI=1S/C26H32N2O4/c1-26(2,3)32-24(29)27-17-13-15-18(16-14-17)28(25(30)31-4)23-21-11-7-5-9-19(21)20-10-6-8-12-22(20)23/h5-12,17-18,23H,13-16H2,1-4H3,(H,27,29). The van der Waals surface area contributed by atoms with E-state index in [-0.39, 0.29) is 30.3 Å². The summed E-state index contributed by atoms with van der Waals surface area (Å²) in [6.07, 6.45) is 2.45. The van der Waals surface area contributed by atoms with Crippen LogP contribution in [0.5, 0.6) is 0 Å². The van der Waals surface area contributed by atoms with Gasteiger partial charge in [-0.3, -0.25) is 4.90 Å². The number of nitrogens with zero attached hydrogens (tertiary/aromatic N) is 1. The average molecular weight is 437 g/mol. The Labute approximate surface area is 189 Å². The molecule has 0 saturated heterocycles. The summed E-state index contributed by atoms with van der Waals surface area (Å²) >= 11 is 0. The predicted octanol–water partition coefficient (Wildman–Crippen LogP) is 5.66. The Morgan fingerprint density at radius 1 is 0.906 bits per heavy atom. The van der Waals surface area contributed by atoms with Gasteiger partial charge in [0.25, 0.3) is 0 Å². The van der Waals surface area contributed by atoms with Gasteiger partial charge in [-0.1, -0.05) is 48.5 Å². The lowest BCUT2D eigenvalue weighted by molar-refractivity contribution is 0.0457. The van der Waals surface area contributed by atoms with E-state index in [2.05, 4.69) is 29.6 Å². The third kappa shape index (κ3) is 4.45. The molecule has 2 aromatic rings. The minimum atomic E-state index is -0.522. The molecule has 2 aromatic carbocycles. The van der Waals surface area contributed by atoms with Crippen LogP contribution in [-0.2, 0) is 9.47 Å². The Balaban J connectivity index is 1.54. The SMILES string of the molecule is COC(=O)N(C1CCC(NC(=O)OC(C)(C)C)CC1)C1c2ccccc2-c2ccccc21. The fourth-order valence-corrected chi connectivity index (χ4v) is 4.97. The van der Waals surface area contributed by atoms with Crippen LogP contribution in [-0.4, -0.2) is 41.9 Å². The Morgan fingerprint density at radius 2 is 1.44 bits per heavy atom. The van der Waals surface area contributed by atoms with Crippen LogP contribution in [0.1, 0.15) is 63.6 Å². The highest BCUT2D eigenvalue weighted by molar-refractivity contribution is 5.81. The van der Waals surface area contributed by atoms with Crippen molar-refractivity contribution in [3.8, 4) is 11.1 Å². The van der Waals surface area contributed by atoms with Crippen molar-refractivity contribution in [3.63, 3.8) is 0 Å². The van der Waals surface area contributed by atoms with E-state index in [9.17, 15) is 9.59 Å².